The van der Waals surface area contributed by atoms with Crippen LogP contribution in [0.25, 0.3) is 11.0 Å². The molecular formula is C17H11Cl2NO5. The minimum atomic E-state index is -0.562. The molecule has 0 unspecified atom stereocenters. The van der Waals surface area contributed by atoms with Crippen molar-refractivity contribution in [2.45, 2.75) is 13.5 Å². The first kappa shape index (κ1) is 17.3. The molecule has 0 aliphatic heterocycles. The zero-order valence-electron chi connectivity index (χ0n) is 12.9. The molecule has 0 radical (unpaired) electrons. The summed E-state index contributed by atoms with van der Waals surface area (Å²) in [6, 6.07) is 8.89. The van der Waals surface area contributed by atoms with Gasteiger partial charge in [0.25, 0.3) is 0 Å². The first-order valence-corrected chi connectivity index (χ1v) is 7.91. The number of hydrogen-bond donors (Lipinski definition) is 0. The molecule has 3 aromatic rings. The van der Waals surface area contributed by atoms with E-state index in [1.807, 2.05) is 0 Å². The molecular weight excluding hydrogens is 369 g/mol. The van der Waals surface area contributed by atoms with Gasteiger partial charge in [-0.25, -0.2) is 4.79 Å². The minimum Gasteiger partial charge on any atom is -0.482 e. The molecule has 25 heavy (non-hydrogen) atoms. The minimum absolute atomic E-state index is 0.0396. The van der Waals surface area contributed by atoms with Crippen LogP contribution in [0.5, 0.6) is 5.75 Å². The molecule has 1 aromatic heterocycles. The fraction of sp³-hybridized carbons (Fsp3) is 0.118. The summed E-state index contributed by atoms with van der Waals surface area (Å²) in [5.74, 6) is -0.0396. The van der Waals surface area contributed by atoms with Gasteiger partial charge >= 0.3 is 11.3 Å². The van der Waals surface area contributed by atoms with Crippen LogP contribution >= 0.6 is 23.2 Å². The number of nitrogens with zero attached hydrogens (tertiary/aromatic N) is 1. The van der Waals surface area contributed by atoms with E-state index in [2.05, 4.69) is 0 Å². The molecule has 3 rings (SSSR count). The Morgan fingerprint density at radius 2 is 1.88 bits per heavy atom. The Balaban J connectivity index is 2.07. The number of fused-ring (bicyclic) bond motifs is 1. The number of nitro groups is 1. The van der Waals surface area contributed by atoms with Crippen LogP contribution in [0, 0.1) is 17.0 Å². The van der Waals surface area contributed by atoms with Gasteiger partial charge in [0.05, 0.1) is 4.92 Å². The highest BCUT2D eigenvalue weighted by Crippen LogP contribution is 2.34. The average molecular weight is 380 g/mol. The topological polar surface area (TPSA) is 82.6 Å². The van der Waals surface area contributed by atoms with Gasteiger partial charge in [0.1, 0.15) is 12.2 Å². The number of aryl methyl sites for hydroxylation is 1. The summed E-state index contributed by atoms with van der Waals surface area (Å²) in [5.41, 5.74) is 0.503. The van der Waals surface area contributed by atoms with Crippen molar-refractivity contribution in [3.63, 3.8) is 0 Å². The third kappa shape index (κ3) is 3.45. The van der Waals surface area contributed by atoms with Gasteiger partial charge in [-0.05, 0) is 24.6 Å². The second-order valence-corrected chi connectivity index (χ2v) is 6.12. The van der Waals surface area contributed by atoms with E-state index >= 15 is 0 Å². The molecule has 0 N–H and O–H groups in total. The Morgan fingerprint density at radius 1 is 1.20 bits per heavy atom. The van der Waals surface area contributed by atoms with Gasteiger partial charge in [0.15, 0.2) is 0 Å². The predicted octanol–water partition coefficient (Wildman–Crippen LogP) is 4.90. The standard InChI is InChI=1S/C17H11Cl2NO5/c1-9-5-17(21)25-15-7-16(14(20(22)23)6-10(9)15)24-8-11-12(18)3-2-4-13(11)19/h2-7H,8H2,1H3. The lowest BCUT2D eigenvalue weighted by Crippen LogP contribution is -2.03. The summed E-state index contributed by atoms with van der Waals surface area (Å²) in [7, 11) is 0. The number of nitro benzene ring substituents is 1. The highest BCUT2D eigenvalue weighted by Gasteiger charge is 2.20. The van der Waals surface area contributed by atoms with Gasteiger partial charge in [0.2, 0.25) is 5.75 Å². The molecule has 0 saturated heterocycles. The normalized spacial score (nSPS) is 10.8. The first-order valence-electron chi connectivity index (χ1n) is 7.15. The number of rotatable bonds is 4. The van der Waals surface area contributed by atoms with Crippen molar-refractivity contribution < 1.29 is 14.1 Å². The van der Waals surface area contributed by atoms with E-state index in [-0.39, 0.29) is 23.6 Å². The molecule has 6 nitrogen and oxygen atoms in total. The van der Waals surface area contributed by atoms with Gasteiger partial charge in [-0.1, -0.05) is 29.3 Å². The number of hydrogen-bond acceptors (Lipinski definition) is 5. The quantitative estimate of drug-likeness (QED) is 0.365. The molecule has 0 saturated carbocycles. The second kappa shape index (κ2) is 6.74. The predicted molar refractivity (Wildman–Crippen MR) is 94.7 cm³/mol. The van der Waals surface area contributed by atoms with Crippen molar-refractivity contribution in [2.24, 2.45) is 0 Å². The average Bonchev–Trinajstić information content (AvgIpc) is 2.53. The maximum atomic E-state index is 11.5. The van der Waals surface area contributed by atoms with Crippen LogP contribution in [0.15, 0.2) is 45.6 Å². The Hall–Kier alpha value is -2.57. The van der Waals surface area contributed by atoms with Crippen molar-refractivity contribution in [1.82, 2.24) is 0 Å². The molecule has 0 atom stereocenters. The molecule has 1 heterocycles. The largest absolute Gasteiger partial charge is 0.482 e. The monoisotopic (exact) mass is 379 g/mol. The Bertz CT molecular complexity index is 1020. The lowest BCUT2D eigenvalue weighted by Gasteiger charge is -2.10. The van der Waals surface area contributed by atoms with Crippen LogP contribution in [0.3, 0.4) is 0 Å². The Morgan fingerprint density at radius 3 is 2.52 bits per heavy atom. The van der Waals surface area contributed by atoms with E-state index in [0.29, 0.717) is 26.6 Å². The lowest BCUT2D eigenvalue weighted by atomic mass is 10.1. The van der Waals surface area contributed by atoms with Gasteiger partial charge < -0.3 is 9.15 Å². The highest BCUT2D eigenvalue weighted by molar-refractivity contribution is 6.35. The van der Waals surface area contributed by atoms with E-state index in [1.54, 1.807) is 25.1 Å². The molecule has 0 fully saturated rings. The van der Waals surface area contributed by atoms with E-state index in [4.69, 9.17) is 32.4 Å². The smallest absolute Gasteiger partial charge is 0.336 e. The number of benzene rings is 2. The van der Waals surface area contributed by atoms with Crippen molar-refractivity contribution in [3.05, 3.63) is 78.1 Å². The van der Waals surface area contributed by atoms with Crippen LogP contribution in [0.1, 0.15) is 11.1 Å². The van der Waals surface area contributed by atoms with Crippen molar-refractivity contribution >= 4 is 39.9 Å². The summed E-state index contributed by atoms with van der Waals surface area (Å²) in [5, 5.41) is 12.6. The molecule has 0 bridgehead atoms. The molecule has 0 aliphatic carbocycles. The van der Waals surface area contributed by atoms with E-state index in [9.17, 15) is 14.9 Å². The summed E-state index contributed by atoms with van der Waals surface area (Å²) >= 11 is 12.2. The molecule has 0 amide bonds. The summed E-state index contributed by atoms with van der Waals surface area (Å²) in [6.45, 7) is 1.61. The van der Waals surface area contributed by atoms with Gasteiger partial charge in [-0.15, -0.1) is 0 Å². The van der Waals surface area contributed by atoms with Crippen LogP contribution in [-0.2, 0) is 6.61 Å². The maximum Gasteiger partial charge on any atom is 0.336 e. The van der Waals surface area contributed by atoms with Crippen molar-refractivity contribution in [2.75, 3.05) is 0 Å². The third-order valence-corrected chi connectivity index (χ3v) is 4.37. The zero-order chi connectivity index (χ0) is 18.1. The second-order valence-electron chi connectivity index (χ2n) is 5.31. The summed E-state index contributed by atoms with van der Waals surface area (Å²) < 4.78 is 10.7. The van der Waals surface area contributed by atoms with Crippen LogP contribution in [0.4, 0.5) is 5.69 Å². The maximum absolute atomic E-state index is 11.5. The van der Waals surface area contributed by atoms with Gasteiger partial charge in [-0.2, -0.15) is 0 Å². The highest BCUT2D eigenvalue weighted by atomic mass is 35.5. The molecule has 2 aromatic carbocycles. The van der Waals surface area contributed by atoms with Crippen LogP contribution < -0.4 is 10.4 Å². The fourth-order valence-electron chi connectivity index (χ4n) is 2.41. The third-order valence-electron chi connectivity index (χ3n) is 3.66. The lowest BCUT2D eigenvalue weighted by molar-refractivity contribution is -0.385. The van der Waals surface area contributed by atoms with E-state index in [1.165, 1.54) is 18.2 Å². The van der Waals surface area contributed by atoms with Crippen molar-refractivity contribution in [3.8, 4) is 5.75 Å². The summed E-state index contributed by atoms with van der Waals surface area (Å²) in [6.07, 6.45) is 0. The fourth-order valence-corrected chi connectivity index (χ4v) is 2.92. The molecule has 128 valence electrons. The van der Waals surface area contributed by atoms with Gasteiger partial charge in [-0.3, -0.25) is 10.1 Å². The van der Waals surface area contributed by atoms with E-state index in [0.717, 1.165) is 0 Å². The Kier molecular flexibility index (Phi) is 4.65. The Labute approximate surface area is 151 Å². The molecule has 0 spiro atoms. The SMILES string of the molecule is Cc1cc(=O)oc2cc(OCc3c(Cl)cccc3Cl)c([N+](=O)[O-])cc12. The molecule has 8 heteroatoms. The number of ether oxygens (including phenoxy) is 1. The summed E-state index contributed by atoms with van der Waals surface area (Å²) in [4.78, 5) is 22.3. The van der Waals surface area contributed by atoms with Crippen LogP contribution in [-0.4, -0.2) is 4.92 Å². The van der Waals surface area contributed by atoms with Gasteiger partial charge in [0, 0.05) is 39.2 Å². The van der Waals surface area contributed by atoms with E-state index < -0.39 is 10.5 Å². The van der Waals surface area contributed by atoms with Crippen LogP contribution in [0.2, 0.25) is 10.0 Å². The number of halogens is 2. The first-order chi connectivity index (χ1) is 11.9. The molecule has 0 aliphatic rings. The van der Waals surface area contributed by atoms with Crippen molar-refractivity contribution in [1.29, 1.82) is 0 Å². The zero-order valence-corrected chi connectivity index (χ0v) is 14.4.